The predicted octanol–water partition coefficient (Wildman–Crippen LogP) is 5.27. The van der Waals surface area contributed by atoms with Gasteiger partial charge in [0.1, 0.15) is 6.61 Å². The summed E-state index contributed by atoms with van der Waals surface area (Å²) in [5.74, 6) is 1.99. The third-order valence-corrected chi connectivity index (χ3v) is 6.30. The maximum absolute atomic E-state index is 11.9. The molecule has 0 saturated heterocycles. The lowest BCUT2D eigenvalue weighted by molar-refractivity contribution is -0.150. The lowest BCUT2D eigenvalue weighted by Crippen LogP contribution is -2.39. The molecule has 2 unspecified atom stereocenters. The molecule has 0 heterocycles. The fraction of sp³-hybridized carbons (Fsp3) is 0.885. The van der Waals surface area contributed by atoms with Gasteiger partial charge in [-0.2, -0.15) is 0 Å². The molecule has 0 rings (SSSR count). The summed E-state index contributed by atoms with van der Waals surface area (Å²) in [5.41, 5.74) is 0.0110. The molecule has 0 aromatic heterocycles. The molecule has 3 N–H and O–H groups in total. The fourth-order valence-corrected chi connectivity index (χ4v) is 3.65. The van der Waals surface area contributed by atoms with Crippen LogP contribution in [0.25, 0.3) is 0 Å². The van der Waals surface area contributed by atoms with Crippen molar-refractivity contribution >= 4 is 5.97 Å². The Bertz CT molecular complexity index is 474. The zero-order valence-corrected chi connectivity index (χ0v) is 20.9. The Kier molecular flexibility index (Phi) is 17.1. The number of rotatable bonds is 19. The molecule has 0 aliphatic heterocycles. The second-order valence-electron chi connectivity index (χ2n) is 10.2. The minimum atomic E-state index is -1.17. The van der Waals surface area contributed by atoms with Gasteiger partial charge in [-0.1, -0.05) is 84.3 Å². The van der Waals surface area contributed by atoms with Crippen LogP contribution >= 0.6 is 0 Å². The van der Waals surface area contributed by atoms with Crippen LogP contribution in [0.4, 0.5) is 0 Å². The quantitative estimate of drug-likeness (QED) is 0.187. The number of hydrogen-bond acceptors (Lipinski definition) is 5. The SMILES string of the molecule is C/C(=C\CC(=O)OCC(CO)(CO)CO)CCCC(C)CCCC(C)CCCC(C)C. The van der Waals surface area contributed by atoms with Crippen LogP contribution in [0.2, 0.25) is 0 Å². The molecule has 5 heteroatoms. The molecule has 0 fully saturated rings. The standard InChI is InChI=1S/C26H50O5/c1-21(2)9-6-10-22(3)11-7-12-23(4)13-8-14-24(5)15-16-25(30)31-20-26(17-27,18-28)19-29/h15,21-23,27-29H,6-14,16-20H2,1-5H3/b24-15+. The third kappa shape index (κ3) is 15.5. The van der Waals surface area contributed by atoms with Gasteiger partial charge in [-0.3, -0.25) is 4.79 Å². The van der Waals surface area contributed by atoms with E-state index in [1.165, 1.54) is 50.5 Å². The molecule has 0 aliphatic rings. The van der Waals surface area contributed by atoms with Gasteiger partial charge in [-0.05, 0) is 37.5 Å². The van der Waals surface area contributed by atoms with Crippen molar-refractivity contribution in [3.8, 4) is 0 Å². The number of allylic oxidation sites excluding steroid dienone is 1. The normalized spacial score (nSPS) is 14.7. The van der Waals surface area contributed by atoms with Crippen LogP contribution < -0.4 is 0 Å². The molecule has 5 nitrogen and oxygen atoms in total. The molecule has 2 atom stereocenters. The largest absolute Gasteiger partial charge is 0.465 e. The van der Waals surface area contributed by atoms with Crippen LogP contribution in [-0.4, -0.2) is 47.7 Å². The second-order valence-corrected chi connectivity index (χ2v) is 10.2. The van der Waals surface area contributed by atoms with Crippen molar-refractivity contribution in [1.82, 2.24) is 0 Å². The molecule has 0 spiro atoms. The van der Waals surface area contributed by atoms with E-state index in [2.05, 4.69) is 27.7 Å². The Morgan fingerprint density at radius 1 is 0.839 bits per heavy atom. The van der Waals surface area contributed by atoms with E-state index in [9.17, 15) is 20.1 Å². The Hall–Kier alpha value is -0.910. The fourth-order valence-electron chi connectivity index (χ4n) is 3.65. The average molecular weight is 443 g/mol. The first-order valence-electron chi connectivity index (χ1n) is 12.3. The van der Waals surface area contributed by atoms with Gasteiger partial charge in [0.25, 0.3) is 0 Å². The Morgan fingerprint density at radius 3 is 1.81 bits per heavy atom. The van der Waals surface area contributed by atoms with Crippen LogP contribution in [0, 0.1) is 23.2 Å². The van der Waals surface area contributed by atoms with Crippen LogP contribution in [0.3, 0.4) is 0 Å². The Labute approximate surface area is 191 Å². The van der Waals surface area contributed by atoms with Crippen LogP contribution in [0.15, 0.2) is 11.6 Å². The number of hydrogen-bond donors (Lipinski definition) is 3. The summed E-state index contributed by atoms with van der Waals surface area (Å²) in [6, 6.07) is 0. The van der Waals surface area contributed by atoms with Crippen molar-refractivity contribution in [1.29, 1.82) is 0 Å². The summed E-state index contributed by atoms with van der Waals surface area (Å²) >= 11 is 0. The Balaban J connectivity index is 3.94. The summed E-state index contributed by atoms with van der Waals surface area (Å²) in [7, 11) is 0. The van der Waals surface area contributed by atoms with Crippen molar-refractivity contribution in [2.45, 2.75) is 98.8 Å². The maximum Gasteiger partial charge on any atom is 0.309 e. The molecule has 0 radical (unpaired) electrons. The van der Waals surface area contributed by atoms with Crippen LogP contribution in [-0.2, 0) is 9.53 Å². The highest BCUT2D eigenvalue weighted by atomic mass is 16.5. The predicted molar refractivity (Wildman–Crippen MR) is 128 cm³/mol. The highest BCUT2D eigenvalue weighted by Gasteiger charge is 2.29. The monoisotopic (exact) mass is 442 g/mol. The van der Waals surface area contributed by atoms with Crippen molar-refractivity contribution in [3.05, 3.63) is 11.6 Å². The van der Waals surface area contributed by atoms with Gasteiger partial charge in [0.15, 0.2) is 0 Å². The minimum absolute atomic E-state index is 0.175. The molecule has 0 aromatic carbocycles. The van der Waals surface area contributed by atoms with Gasteiger partial charge in [-0.25, -0.2) is 0 Å². The molecule has 0 aromatic rings. The first-order valence-corrected chi connectivity index (χ1v) is 12.3. The number of carbonyl (C=O) groups excluding carboxylic acids is 1. The number of esters is 1. The van der Waals surface area contributed by atoms with E-state index in [-0.39, 0.29) is 13.0 Å². The van der Waals surface area contributed by atoms with Crippen molar-refractivity contribution in [3.63, 3.8) is 0 Å². The summed E-state index contributed by atoms with van der Waals surface area (Å²) < 4.78 is 5.11. The van der Waals surface area contributed by atoms with Crippen LogP contribution in [0.5, 0.6) is 0 Å². The smallest absolute Gasteiger partial charge is 0.309 e. The summed E-state index contributed by atoms with van der Waals surface area (Å²) in [5, 5.41) is 27.8. The summed E-state index contributed by atoms with van der Waals surface area (Å²) in [6.07, 6.45) is 13.4. The summed E-state index contributed by atoms with van der Waals surface area (Å²) in [6.45, 7) is 9.89. The van der Waals surface area contributed by atoms with Crippen LogP contribution in [0.1, 0.15) is 98.8 Å². The van der Waals surface area contributed by atoms with Crippen molar-refractivity contribution in [2.24, 2.45) is 23.2 Å². The first kappa shape index (κ1) is 30.1. The molecule has 0 amide bonds. The highest BCUT2D eigenvalue weighted by molar-refractivity contribution is 5.71. The Morgan fingerprint density at radius 2 is 1.32 bits per heavy atom. The molecule has 0 bridgehead atoms. The van der Waals surface area contributed by atoms with E-state index in [0.717, 1.165) is 30.6 Å². The van der Waals surface area contributed by atoms with Gasteiger partial charge in [0.2, 0.25) is 0 Å². The van der Waals surface area contributed by atoms with Gasteiger partial charge in [0, 0.05) is 0 Å². The summed E-state index contributed by atoms with van der Waals surface area (Å²) in [4.78, 5) is 11.9. The van der Waals surface area contributed by atoms with Gasteiger partial charge in [-0.15, -0.1) is 0 Å². The van der Waals surface area contributed by atoms with E-state index < -0.39 is 31.2 Å². The van der Waals surface area contributed by atoms with E-state index in [1.54, 1.807) is 0 Å². The number of carbonyl (C=O) groups is 1. The lowest BCUT2D eigenvalue weighted by atomic mass is 9.91. The van der Waals surface area contributed by atoms with Crippen molar-refractivity contribution < 1.29 is 24.9 Å². The first-order chi connectivity index (χ1) is 14.7. The highest BCUT2D eigenvalue weighted by Crippen LogP contribution is 2.22. The molecular weight excluding hydrogens is 392 g/mol. The zero-order valence-electron chi connectivity index (χ0n) is 20.9. The second kappa shape index (κ2) is 17.6. The molecule has 0 aliphatic carbocycles. The van der Waals surface area contributed by atoms with E-state index in [1.807, 2.05) is 13.0 Å². The number of aliphatic hydroxyl groups excluding tert-OH is 3. The van der Waals surface area contributed by atoms with E-state index in [0.29, 0.717) is 0 Å². The van der Waals surface area contributed by atoms with Crippen molar-refractivity contribution in [2.75, 3.05) is 26.4 Å². The number of aliphatic hydroxyl groups is 3. The molecule has 0 saturated carbocycles. The molecule has 184 valence electrons. The van der Waals surface area contributed by atoms with Gasteiger partial charge in [0.05, 0.1) is 31.7 Å². The lowest BCUT2D eigenvalue weighted by Gasteiger charge is -2.26. The third-order valence-electron chi connectivity index (χ3n) is 6.30. The topological polar surface area (TPSA) is 87.0 Å². The van der Waals surface area contributed by atoms with Gasteiger partial charge < -0.3 is 20.1 Å². The zero-order chi connectivity index (χ0) is 23.7. The van der Waals surface area contributed by atoms with Gasteiger partial charge >= 0.3 is 5.97 Å². The molecular formula is C26H50O5. The van der Waals surface area contributed by atoms with E-state index >= 15 is 0 Å². The minimum Gasteiger partial charge on any atom is -0.465 e. The maximum atomic E-state index is 11.9. The van der Waals surface area contributed by atoms with E-state index in [4.69, 9.17) is 4.74 Å². The number of ether oxygens (including phenoxy) is 1. The average Bonchev–Trinajstić information content (AvgIpc) is 2.73. The molecule has 31 heavy (non-hydrogen) atoms.